The van der Waals surface area contributed by atoms with Crippen LogP contribution in [-0.4, -0.2) is 29.0 Å². The predicted molar refractivity (Wildman–Crippen MR) is 72.8 cm³/mol. The minimum atomic E-state index is 0.542. The van der Waals surface area contributed by atoms with E-state index in [4.69, 9.17) is 0 Å². The van der Waals surface area contributed by atoms with Crippen LogP contribution in [0.1, 0.15) is 0 Å². The van der Waals surface area contributed by atoms with Crippen LogP contribution in [-0.2, 0) is 0 Å². The van der Waals surface area contributed by atoms with Gasteiger partial charge < -0.3 is 0 Å². The zero-order valence-corrected chi connectivity index (χ0v) is 11.9. The molecule has 0 saturated carbocycles. The zero-order chi connectivity index (χ0) is 10.5. The van der Waals surface area contributed by atoms with Crippen molar-refractivity contribution in [2.75, 3.05) is 0 Å². The molecule has 0 unspecified atom stereocenters. The Balaban J connectivity index is 2.35. The molecule has 4 aromatic rings. The Morgan fingerprint density at radius 2 is 1.00 bits per heavy atom. The molecule has 0 bridgehead atoms. The van der Waals surface area contributed by atoms with E-state index in [0.717, 1.165) is 0 Å². The molecular formula is C14H8Se2. The Bertz CT molecular complexity index is 735. The molecule has 0 N–H and O–H groups in total. The van der Waals surface area contributed by atoms with E-state index in [1.807, 2.05) is 0 Å². The summed E-state index contributed by atoms with van der Waals surface area (Å²) in [6.07, 6.45) is 0. The molecule has 0 nitrogen and oxygen atoms in total. The molecule has 0 saturated heterocycles. The molecule has 0 spiro atoms. The first-order chi connectivity index (χ1) is 7.93. The van der Waals surface area contributed by atoms with Crippen molar-refractivity contribution < 1.29 is 0 Å². The third-order valence-corrected chi connectivity index (χ3v) is 8.60. The first-order valence-corrected chi connectivity index (χ1v) is 8.65. The van der Waals surface area contributed by atoms with Crippen LogP contribution in [0.25, 0.3) is 27.8 Å². The van der Waals surface area contributed by atoms with E-state index >= 15 is 0 Å². The van der Waals surface area contributed by atoms with Gasteiger partial charge in [-0.05, 0) is 0 Å². The maximum atomic E-state index is 2.30. The normalized spacial score (nSPS) is 11.8. The van der Waals surface area contributed by atoms with E-state index in [1.165, 1.54) is 10.8 Å². The van der Waals surface area contributed by atoms with Crippen LogP contribution in [0.5, 0.6) is 0 Å². The van der Waals surface area contributed by atoms with E-state index in [1.54, 1.807) is 17.0 Å². The Morgan fingerprint density at radius 3 is 1.50 bits per heavy atom. The SMILES string of the molecule is c1ccc2c(c1)[se]c1c3ccccc3[se]c21. The van der Waals surface area contributed by atoms with Crippen molar-refractivity contribution >= 4 is 56.8 Å². The topological polar surface area (TPSA) is 0 Å². The third kappa shape index (κ3) is 1.16. The summed E-state index contributed by atoms with van der Waals surface area (Å²) in [6, 6.07) is 17.9. The van der Waals surface area contributed by atoms with Gasteiger partial charge in [0.1, 0.15) is 0 Å². The fourth-order valence-electron chi connectivity index (χ4n) is 2.15. The summed E-state index contributed by atoms with van der Waals surface area (Å²) in [5.41, 5.74) is 0. The van der Waals surface area contributed by atoms with E-state index in [0.29, 0.717) is 29.0 Å². The van der Waals surface area contributed by atoms with Crippen molar-refractivity contribution in [3.63, 3.8) is 0 Å². The standard InChI is InChI=1S/C14H8Se2/c1-3-7-11-9(5-1)13-14(15-11)10-6-2-4-8-12(10)16-13/h1-8H. The van der Waals surface area contributed by atoms with E-state index < -0.39 is 0 Å². The van der Waals surface area contributed by atoms with Gasteiger partial charge >= 0.3 is 105 Å². The summed E-state index contributed by atoms with van der Waals surface area (Å²) < 4.78 is 6.47. The van der Waals surface area contributed by atoms with Crippen LogP contribution in [0.3, 0.4) is 0 Å². The minimum absolute atomic E-state index is 0.542. The Hall–Kier alpha value is -0.781. The molecule has 0 atom stereocenters. The predicted octanol–water partition coefficient (Wildman–Crippen LogP) is 3.26. The molecule has 2 heterocycles. The van der Waals surface area contributed by atoms with Gasteiger partial charge in [0.25, 0.3) is 0 Å². The van der Waals surface area contributed by atoms with E-state index in [-0.39, 0.29) is 0 Å². The van der Waals surface area contributed by atoms with Crippen molar-refractivity contribution in [2.45, 2.75) is 0 Å². The molecular weight excluding hydrogens is 326 g/mol. The second-order valence-corrected chi connectivity index (χ2v) is 8.27. The summed E-state index contributed by atoms with van der Waals surface area (Å²) in [4.78, 5) is 0. The molecule has 76 valence electrons. The number of hydrogen-bond acceptors (Lipinski definition) is 0. The van der Waals surface area contributed by atoms with Crippen LogP contribution in [0.15, 0.2) is 48.5 Å². The Kier molecular flexibility index (Phi) is 1.94. The van der Waals surface area contributed by atoms with Crippen LogP contribution >= 0.6 is 0 Å². The molecule has 0 aliphatic carbocycles. The van der Waals surface area contributed by atoms with Crippen molar-refractivity contribution in [2.24, 2.45) is 0 Å². The van der Waals surface area contributed by atoms with Gasteiger partial charge in [0.2, 0.25) is 0 Å². The van der Waals surface area contributed by atoms with Crippen molar-refractivity contribution in [1.29, 1.82) is 0 Å². The fraction of sp³-hybridized carbons (Fsp3) is 0. The molecule has 0 aliphatic rings. The molecule has 2 aromatic carbocycles. The summed E-state index contributed by atoms with van der Waals surface area (Å²) in [6.45, 7) is 0. The number of rotatable bonds is 0. The molecule has 2 heteroatoms. The second kappa shape index (κ2) is 3.35. The van der Waals surface area contributed by atoms with Gasteiger partial charge in [0, 0.05) is 0 Å². The summed E-state index contributed by atoms with van der Waals surface area (Å²) in [5, 5.41) is 3.07. The number of hydrogen-bond donors (Lipinski definition) is 0. The van der Waals surface area contributed by atoms with Crippen molar-refractivity contribution in [3.8, 4) is 0 Å². The monoisotopic (exact) mass is 336 g/mol. The molecule has 16 heavy (non-hydrogen) atoms. The molecule has 0 radical (unpaired) electrons. The summed E-state index contributed by atoms with van der Waals surface area (Å²) >= 11 is 1.08. The van der Waals surface area contributed by atoms with Crippen molar-refractivity contribution in [1.82, 2.24) is 0 Å². The maximum absolute atomic E-state index is 2.30. The zero-order valence-electron chi connectivity index (χ0n) is 8.44. The first-order valence-electron chi connectivity index (χ1n) is 5.22. The second-order valence-electron chi connectivity index (χ2n) is 3.85. The fourth-order valence-corrected chi connectivity index (χ4v) is 8.49. The van der Waals surface area contributed by atoms with Crippen LogP contribution in [0.4, 0.5) is 0 Å². The van der Waals surface area contributed by atoms with Gasteiger partial charge in [-0.25, -0.2) is 0 Å². The quantitative estimate of drug-likeness (QED) is 0.433. The molecule has 0 amide bonds. The van der Waals surface area contributed by atoms with Gasteiger partial charge in [0.15, 0.2) is 0 Å². The Morgan fingerprint density at radius 1 is 0.562 bits per heavy atom. The van der Waals surface area contributed by atoms with Gasteiger partial charge in [-0.3, -0.25) is 0 Å². The van der Waals surface area contributed by atoms with Crippen LogP contribution < -0.4 is 0 Å². The van der Waals surface area contributed by atoms with Crippen LogP contribution in [0, 0.1) is 0 Å². The van der Waals surface area contributed by atoms with E-state index in [2.05, 4.69) is 48.5 Å². The van der Waals surface area contributed by atoms with Gasteiger partial charge in [-0.2, -0.15) is 0 Å². The van der Waals surface area contributed by atoms with Crippen molar-refractivity contribution in [3.05, 3.63) is 48.5 Å². The average Bonchev–Trinajstić information content (AvgIpc) is 2.85. The van der Waals surface area contributed by atoms with Gasteiger partial charge in [0.05, 0.1) is 0 Å². The summed E-state index contributed by atoms with van der Waals surface area (Å²) in [5.74, 6) is 0. The number of benzene rings is 2. The molecule has 4 rings (SSSR count). The molecule has 0 fully saturated rings. The third-order valence-electron chi connectivity index (χ3n) is 2.89. The molecule has 0 aliphatic heterocycles. The Labute approximate surface area is 105 Å². The van der Waals surface area contributed by atoms with E-state index in [9.17, 15) is 0 Å². The summed E-state index contributed by atoms with van der Waals surface area (Å²) in [7, 11) is 0. The van der Waals surface area contributed by atoms with Crippen LogP contribution in [0.2, 0.25) is 0 Å². The van der Waals surface area contributed by atoms with Gasteiger partial charge in [-0.15, -0.1) is 0 Å². The average molecular weight is 334 g/mol. The first kappa shape index (κ1) is 9.27. The number of fused-ring (bicyclic) bond motifs is 5. The molecule has 2 aromatic heterocycles. The van der Waals surface area contributed by atoms with Gasteiger partial charge in [-0.1, -0.05) is 0 Å².